The van der Waals surface area contributed by atoms with E-state index in [2.05, 4.69) is 26.4 Å². The summed E-state index contributed by atoms with van der Waals surface area (Å²) < 4.78 is 0. The molecule has 0 aliphatic rings. The summed E-state index contributed by atoms with van der Waals surface area (Å²) in [4.78, 5) is 14.3. The number of aromatic nitrogens is 4. The third-order valence-corrected chi connectivity index (χ3v) is 1.79. The molecular weight excluding hydrogens is 164 g/mol. The van der Waals surface area contributed by atoms with Crippen LogP contribution in [0.25, 0.3) is 0 Å². The van der Waals surface area contributed by atoms with E-state index in [0.717, 1.165) is 24.5 Å². The molecule has 67 valence electrons. The molecule has 0 aliphatic carbocycles. The fourth-order valence-corrected chi connectivity index (χ4v) is 1.16. The van der Waals surface area contributed by atoms with Crippen molar-refractivity contribution in [1.82, 2.24) is 19.9 Å². The minimum Gasteiger partial charge on any atom is -0.349 e. The Morgan fingerprint density at radius 1 is 1.00 bits per heavy atom. The van der Waals surface area contributed by atoms with E-state index in [0.29, 0.717) is 0 Å². The lowest BCUT2D eigenvalue weighted by Gasteiger charge is -1.94. The first kappa shape index (κ1) is 8.04. The molecule has 2 heterocycles. The number of rotatable bonds is 4. The minimum absolute atomic E-state index is 0.855. The maximum atomic E-state index is 4.12. The Bertz CT molecular complexity index is 288. The summed E-state index contributed by atoms with van der Waals surface area (Å²) >= 11 is 0. The zero-order valence-electron chi connectivity index (χ0n) is 7.20. The standard InChI is InChI=1S/C9H11N4/c1(2-8-10-4-5-11-8)3-9-12-6-7-13-9/h1,4-7H,2-3H2,(H,10,11)(H,12,13). The van der Waals surface area contributed by atoms with Crippen molar-refractivity contribution in [3.05, 3.63) is 42.9 Å². The second-order valence-electron chi connectivity index (χ2n) is 2.77. The number of H-pyrrole nitrogens is 2. The van der Waals surface area contributed by atoms with Crippen LogP contribution in [0.3, 0.4) is 0 Å². The zero-order chi connectivity index (χ0) is 8.93. The van der Waals surface area contributed by atoms with Gasteiger partial charge in [-0.3, -0.25) is 0 Å². The highest BCUT2D eigenvalue weighted by Crippen LogP contribution is 1.99. The third-order valence-electron chi connectivity index (χ3n) is 1.79. The smallest absolute Gasteiger partial charge is 0.106 e. The van der Waals surface area contributed by atoms with Crippen LogP contribution in [0.5, 0.6) is 0 Å². The van der Waals surface area contributed by atoms with E-state index in [1.807, 2.05) is 12.4 Å². The molecule has 0 fully saturated rings. The molecule has 0 unspecified atom stereocenters. The van der Waals surface area contributed by atoms with Crippen molar-refractivity contribution in [2.75, 3.05) is 0 Å². The highest BCUT2D eigenvalue weighted by atomic mass is 14.9. The van der Waals surface area contributed by atoms with E-state index in [9.17, 15) is 0 Å². The first-order valence-electron chi connectivity index (χ1n) is 4.23. The molecule has 1 radical (unpaired) electrons. The molecule has 0 saturated carbocycles. The SMILES string of the molecule is [CH](Cc1ncc[nH]1)Cc1ncc[nH]1. The topological polar surface area (TPSA) is 57.4 Å². The van der Waals surface area contributed by atoms with Gasteiger partial charge in [0.05, 0.1) is 0 Å². The number of nitrogens with zero attached hydrogens (tertiary/aromatic N) is 2. The molecule has 0 amide bonds. The average molecular weight is 175 g/mol. The Balaban J connectivity index is 1.76. The summed E-state index contributed by atoms with van der Waals surface area (Å²) in [6.45, 7) is 0. The molecule has 2 aromatic rings. The van der Waals surface area contributed by atoms with Crippen LogP contribution in [-0.4, -0.2) is 19.9 Å². The fourth-order valence-electron chi connectivity index (χ4n) is 1.16. The average Bonchev–Trinajstić information content (AvgIpc) is 2.75. The molecule has 4 nitrogen and oxygen atoms in total. The molecule has 0 aliphatic heterocycles. The Morgan fingerprint density at radius 3 is 1.92 bits per heavy atom. The van der Waals surface area contributed by atoms with Crippen LogP contribution in [0, 0.1) is 6.42 Å². The molecule has 13 heavy (non-hydrogen) atoms. The van der Waals surface area contributed by atoms with Gasteiger partial charge < -0.3 is 9.97 Å². The minimum atomic E-state index is 0.855. The van der Waals surface area contributed by atoms with Crippen molar-refractivity contribution >= 4 is 0 Å². The van der Waals surface area contributed by atoms with Crippen LogP contribution in [0.2, 0.25) is 0 Å². The predicted octanol–water partition coefficient (Wildman–Crippen LogP) is 1.12. The maximum Gasteiger partial charge on any atom is 0.106 e. The van der Waals surface area contributed by atoms with Gasteiger partial charge in [-0.05, 0) is 6.42 Å². The maximum absolute atomic E-state index is 4.12. The molecule has 0 atom stereocenters. The Labute approximate surface area is 76.4 Å². The second-order valence-corrected chi connectivity index (χ2v) is 2.77. The molecule has 2 N–H and O–H groups in total. The molecule has 2 rings (SSSR count). The Hall–Kier alpha value is -1.58. The summed E-state index contributed by atoms with van der Waals surface area (Å²) in [6.07, 6.45) is 11.0. The van der Waals surface area contributed by atoms with Crippen molar-refractivity contribution in [2.24, 2.45) is 0 Å². The van der Waals surface area contributed by atoms with Gasteiger partial charge in [0.1, 0.15) is 11.6 Å². The number of hydrogen-bond donors (Lipinski definition) is 2. The molecule has 4 heteroatoms. The van der Waals surface area contributed by atoms with Gasteiger partial charge >= 0.3 is 0 Å². The summed E-state index contributed by atoms with van der Waals surface area (Å²) in [5, 5.41) is 0. The highest BCUT2D eigenvalue weighted by Gasteiger charge is 1.97. The van der Waals surface area contributed by atoms with Crippen LogP contribution >= 0.6 is 0 Å². The third kappa shape index (κ3) is 2.18. The second kappa shape index (κ2) is 3.89. The Morgan fingerprint density at radius 2 is 1.54 bits per heavy atom. The van der Waals surface area contributed by atoms with Crippen LogP contribution < -0.4 is 0 Å². The van der Waals surface area contributed by atoms with E-state index in [1.165, 1.54) is 0 Å². The van der Waals surface area contributed by atoms with Gasteiger partial charge in [0, 0.05) is 37.6 Å². The summed E-state index contributed by atoms with van der Waals surface area (Å²) in [5.41, 5.74) is 0. The molecule has 2 aromatic heterocycles. The van der Waals surface area contributed by atoms with Gasteiger partial charge in [-0.1, -0.05) is 0 Å². The van der Waals surface area contributed by atoms with E-state index in [1.54, 1.807) is 12.4 Å². The van der Waals surface area contributed by atoms with Crippen LogP contribution in [0.1, 0.15) is 11.6 Å². The largest absolute Gasteiger partial charge is 0.349 e. The molecule has 0 spiro atoms. The number of aromatic amines is 2. The van der Waals surface area contributed by atoms with Crippen molar-refractivity contribution < 1.29 is 0 Å². The highest BCUT2D eigenvalue weighted by molar-refractivity contribution is 4.97. The molecule has 0 bridgehead atoms. The normalized spacial score (nSPS) is 10.5. The van der Waals surface area contributed by atoms with Crippen LogP contribution in [0.15, 0.2) is 24.8 Å². The summed E-state index contributed by atoms with van der Waals surface area (Å²) in [5.74, 6) is 1.98. The fraction of sp³-hybridized carbons (Fsp3) is 0.222. The van der Waals surface area contributed by atoms with Gasteiger partial charge in [-0.15, -0.1) is 0 Å². The number of nitrogens with one attached hydrogen (secondary N) is 2. The van der Waals surface area contributed by atoms with Crippen LogP contribution in [-0.2, 0) is 12.8 Å². The van der Waals surface area contributed by atoms with E-state index < -0.39 is 0 Å². The van der Waals surface area contributed by atoms with E-state index >= 15 is 0 Å². The van der Waals surface area contributed by atoms with Crippen molar-refractivity contribution in [1.29, 1.82) is 0 Å². The lowest BCUT2D eigenvalue weighted by atomic mass is 10.2. The zero-order valence-corrected chi connectivity index (χ0v) is 7.20. The number of hydrogen-bond acceptors (Lipinski definition) is 2. The Kier molecular flexibility index (Phi) is 2.40. The van der Waals surface area contributed by atoms with Gasteiger partial charge in [0.15, 0.2) is 0 Å². The first-order chi connectivity index (χ1) is 6.45. The van der Waals surface area contributed by atoms with Crippen LogP contribution in [0.4, 0.5) is 0 Å². The van der Waals surface area contributed by atoms with E-state index in [4.69, 9.17) is 0 Å². The van der Waals surface area contributed by atoms with Gasteiger partial charge in [0.2, 0.25) is 0 Å². The molecule has 0 aromatic carbocycles. The lowest BCUT2D eigenvalue weighted by molar-refractivity contribution is 0.908. The van der Waals surface area contributed by atoms with Gasteiger partial charge in [0.25, 0.3) is 0 Å². The van der Waals surface area contributed by atoms with Crippen molar-refractivity contribution in [3.8, 4) is 0 Å². The first-order valence-corrected chi connectivity index (χ1v) is 4.23. The van der Waals surface area contributed by atoms with Gasteiger partial charge in [-0.25, -0.2) is 9.97 Å². The van der Waals surface area contributed by atoms with E-state index in [-0.39, 0.29) is 0 Å². The van der Waals surface area contributed by atoms with Gasteiger partial charge in [-0.2, -0.15) is 0 Å². The number of imidazole rings is 2. The molecular formula is C9H11N4. The summed E-state index contributed by atoms with van der Waals surface area (Å²) in [6, 6.07) is 0. The monoisotopic (exact) mass is 175 g/mol. The lowest BCUT2D eigenvalue weighted by Crippen LogP contribution is -1.94. The predicted molar refractivity (Wildman–Crippen MR) is 48.9 cm³/mol. The molecule has 0 saturated heterocycles. The quantitative estimate of drug-likeness (QED) is 0.731. The summed E-state index contributed by atoms with van der Waals surface area (Å²) in [7, 11) is 0. The van der Waals surface area contributed by atoms with Crippen molar-refractivity contribution in [3.63, 3.8) is 0 Å². The van der Waals surface area contributed by atoms with Crippen molar-refractivity contribution in [2.45, 2.75) is 12.8 Å².